The molecule has 3 heterocycles. The third kappa shape index (κ3) is 1.69. The second-order valence-electron chi connectivity index (χ2n) is 4.99. The zero-order valence-corrected chi connectivity index (χ0v) is 9.87. The van der Waals surface area contributed by atoms with Crippen molar-refractivity contribution in [3.8, 4) is 0 Å². The van der Waals surface area contributed by atoms with Crippen molar-refractivity contribution in [3.05, 3.63) is 23.8 Å². The highest BCUT2D eigenvalue weighted by Gasteiger charge is 2.19. The maximum Gasteiger partial charge on any atom is 0.0955 e. The van der Waals surface area contributed by atoms with E-state index in [0.29, 0.717) is 5.92 Å². The van der Waals surface area contributed by atoms with Gasteiger partial charge in [-0.05, 0) is 30.8 Å². The van der Waals surface area contributed by atoms with Crippen LogP contribution in [-0.4, -0.2) is 22.6 Å². The first-order valence-electron chi connectivity index (χ1n) is 6.30. The zero-order valence-electron chi connectivity index (χ0n) is 9.87. The molecule has 0 aromatic carbocycles. The summed E-state index contributed by atoms with van der Waals surface area (Å²) in [6.45, 7) is 5.49. The van der Waals surface area contributed by atoms with Gasteiger partial charge >= 0.3 is 0 Å². The molecule has 2 aliphatic heterocycles. The fraction of sp³-hybridized carbons (Fsp3) is 0.615. The molecule has 0 spiro atoms. The molecular formula is C13H19N3. The quantitative estimate of drug-likeness (QED) is 0.778. The Morgan fingerprint density at radius 1 is 1.44 bits per heavy atom. The number of imidazole rings is 1. The first kappa shape index (κ1) is 10.1. The summed E-state index contributed by atoms with van der Waals surface area (Å²) in [7, 11) is 0. The van der Waals surface area contributed by atoms with Crippen molar-refractivity contribution < 1.29 is 0 Å². The summed E-state index contributed by atoms with van der Waals surface area (Å²) >= 11 is 0. The molecule has 86 valence electrons. The number of hydrogen-bond donors (Lipinski definition) is 1. The Labute approximate surface area is 96.6 Å². The van der Waals surface area contributed by atoms with Gasteiger partial charge in [-0.1, -0.05) is 13.0 Å². The molecule has 3 nitrogen and oxygen atoms in total. The van der Waals surface area contributed by atoms with Crippen molar-refractivity contribution in [2.24, 2.45) is 5.92 Å². The van der Waals surface area contributed by atoms with E-state index in [-0.39, 0.29) is 0 Å². The van der Waals surface area contributed by atoms with E-state index in [1.807, 2.05) is 6.33 Å². The van der Waals surface area contributed by atoms with E-state index >= 15 is 0 Å². The van der Waals surface area contributed by atoms with E-state index in [4.69, 9.17) is 0 Å². The summed E-state index contributed by atoms with van der Waals surface area (Å²) in [5.74, 6) is 0.629. The highest BCUT2D eigenvalue weighted by atomic mass is 15.1. The van der Waals surface area contributed by atoms with Crippen LogP contribution < -0.4 is 5.32 Å². The van der Waals surface area contributed by atoms with Crippen LogP contribution in [0.1, 0.15) is 31.2 Å². The Balaban J connectivity index is 1.97. The minimum Gasteiger partial charge on any atom is -0.334 e. The topological polar surface area (TPSA) is 29.9 Å². The first-order chi connectivity index (χ1) is 7.84. The second-order valence-corrected chi connectivity index (χ2v) is 4.99. The molecule has 0 fully saturated rings. The minimum absolute atomic E-state index is 0.629. The second kappa shape index (κ2) is 4.06. The van der Waals surface area contributed by atoms with E-state index in [9.17, 15) is 0 Å². The summed E-state index contributed by atoms with van der Waals surface area (Å²) in [6.07, 6.45) is 8.21. The van der Waals surface area contributed by atoms with Crippen LogP contribution in [0.5, 0.6) is 0 Å². The average Bonchev–Trinajstić information content (AvgIpc) is 2.72. The van der Waals surface area contributed by atoms with Crippen molar-refractivity contribution in [1.29, 1.82) is 0 Å². The van der Waals surface area contributed by atoms with Gasteiger partial charge in [0.15, 0.2) is 0 Å². The molecule has 0 saturated carbocycles. The molecule has 0 amide bonds. The largest absolute Gasteiger partial charge is 0.334 e. The Bertz CT molecular complexity index is 417. The molecule has 0 saturated heterocycles. The van der Waals surface area contributed by atoms with Gasteiger partial charge in [-0.3, -0.25) is 0 Å². The van der Waals surface area contributed by atoms with Crippen LogP contribution in [0, 0.1) is 5.92 Å². The van der Waals surface area contributed by atoms with Crippen LogP contribution in [0.3, 0.4) is 0 Å². The molecule has 2 aliphatic rings. The highest BCUT2D eigenvalue weighted by molar-refractivity contribution is 5.67. The van der Waals surface area contributed by atoms with Crippen molar-refractivity contribution in [2.45, 2.75) is 32.7 Å². The van der Waals surface area contributed by atoms with Crippen LogP contribution >= 0.6 is 0 Å². The van der Waals surface area contributed by atoms with Gasteiger partial charge in [-0.15, -0.1) is 0 Å². The van der Waals surface area contributed by atoms with Crippen LogP contribution in [-0.2, 0) is 13.0 Å². The molecule has 0 unspecified atom stereocenters. The van der Waals surface area contributed by atoms with E-state index in [1.54, 1.807) is 0 Å². The highest BCUT2D eigenvalue weighted by Crippen LogP contribution is 2.25. The number of fused-ring (bicyclic) bond motifs is 1. The number of nitrogens with one attached hydrogen (secondary N) is 1. The molecule has 0 bridgehead atoms. The number of nitrogens with zero attached hydrogens (tertiary/aromatic N) is 2. The lowest BCUT2D eigenvalue weighted by Crippen LogP contribution is -2.27. The van der Waals surface area contributed by atoms with Crippen LogP contribution in [0.4, 0.5) is 0 Å². The fourth-order valence-electron chi connectivity index (χ4n) is 2.76. The van der Waals surface area contributed by atoms with Gasteiger partial charge in [0.2, 0.25) is 0 Å². The standard InChI is InChI=1S/C13H19N3/c1-10-6-11(8-14-7-10)13-12-4-2-3-5-16(12)9-15-13/h6,9-10,14H,2-5,7-8H2,1H3/t10-/m1/s1. The average molecular weight is 217 g/mol. The number of rotatable bonds is 1. The van der Waals surface area contributed by atoms with Gasteiger partial charge in [-0.25, -0.2) is 4.98 Å². The van der Waals surface area contributed by atoms with E-state index in [1.165, 1.54) is 36.2 Å². The Morgan fingerprint density at radius 2 is 2.38 bits per heavy atom. The molecular weight excluding hydrogens is 198 g/mol. The smallest absolute Gasteiger partial charge is 0.0955 e. The first-order valence-corrected chi connectivity index (χ1v) is 6.30. The van der Waals surface area contributed by atoms with Crippen LogP contribution in [0.25, 0.3) is 5.57 Å². The summed E-state index contributed by atoms with van der Waals surface area (Å²) in [4.78, 5) is 4.61. The Hall–Kier alpha value is -1.09. The predicted molar refractivity (Wildman–Crippen MR) is 65.2 cm³/mol. The lowest BCUT2D eigenvalue weighted by molar-refractivity contribution is 0.531. The molecule has 0 radical (unpaired) electrons. The lowest BCUT2D eigenvalue weighted by Gasteiger charge is -2.21. The minimum atomic E-state index is 0.629. The monoisotopic (exact) mass is 217 g/mol. The van der Waals surface area contributed by atoms with Crippen molar-refractivity contribution in [3.63, 3.8) is 0 Å². The summed E-state index contributed by atoms with van der Waals surface area (Å²) < 4.78 is 2.33. The lowest BCUT2D eigenvalue weighted by atomic mass is 9.98. The maximum absolute atomic E-state index is 4.61. The van der Waals surface area contributed by atoms with Gasteiger partial charge in [0.05, 0.1) is 12.0 Å². The maximum atomic E-state index is 4.61. The molecule has 1 N–H and O–H groups in total. The Morgan fingerprint density at radius 3 is 3.25 bits per heavy atom. The van der Waals surface area contributed by atoms with Crippen molar-refractivity contribution in [1.82, 2.24) is 14.9 Å². The predicted octanol–water partition coefficient (Wildman–Crippen LogP) is 1.84. The SMILES string of the molecule is C[C@@H]1C=C(c2ncn3c2CCCC3)CNC1. The summed E-state index contributed by atoms with van der Waals surface area (Å²) in [5, 5.41) is 3.46. The molecule has 16 heavy (non-hydrogen) atoms. The molecule has 3 heteroatoms. The number of aromatic nitrogens is 2. The fourth-order valence-corrected chi connectivity index (χ4v) is 2.76. The van der Waals surface area contributed by atoms with E-state index in [0.717, 1.165) is 19.6 Å². The zero-order chi connectivity index (χ0) is 11.0. The van der Waals surface area contributed by atoms with E-state index < -0.39 is 0 Å². The molecule has 0 aliphatic carbocycles. The van der Waals surface area contributed by atoms with Gasteiger partial charge in [0.1, 0.15) is 0 Å². The number of hydrogen-bond acceptors (Lipinski definition) is 2. The molecule has 1 aromatic heterocycles. The number of aryl methyl sites for hydroxylation is 1. The summed E-state index contributed by atoms with van der Waals surface area (Å²) in [5.41, 5.74) is 4.10. The van der Waals surface area contributed by atoms with Gasteiger partial charge in [-0.2, -0.15) is 0 Å². The van der Waals surface area contributed by atoms with Crippen molar-refractivity contribution in [2.75, 3.05) is 13.1 Å². The normalized spacial score (nSPS) is 25.1. The van der Waals surface area contributed by atoms with Gasteiger partial charge < -0.3 is 9.88 Å². The van der Waals surface area contributed by atoms with Gasteiger partial charge in [0.25, 0.3) is 0 Å². The Kier molecular flexibility index (Phi) is 2.56. The third-order valence-electron chi connectivity index (χ3n) is 3.58. The molecule has 1 atom stereocenters. The molecule has 1 aromatic rings. The molecule has 3 rings (SSSR count). The van der Waals surface area contributed by atoms with Crippen molar-refractivity contribution >= 4 is 5.57 Å². The van der Waals surface area contributed by atoms with E-state index in [2.05, 4.69) is 27.9 Å². The van der Waals surface area contributed by atoms with Crippen LogP contribution in [0.15, 0.2) is 12.4 Å². The summed E-state index contributed by atoms with van der Waals surface area (Å²) in [6, 6.07) is 0. The van der Waals surface area contributed by atoms with Crippen LogP contribution in [0.2, 0.25) is 0 Å². The third-order valence-corrected chi connectivity index (χ3v) is 3.58. The van der Waals surface area contributed by atoms with Gasteiger partial charge in [0, 0.05) is 25.3 Å².